The molecule has 3 rings (SSSR count). The molecule has 0 spiro atoms. The molecule has 1 amide bonds. The number of nitrogens with one attached hydrogen (secondary N) is 1. The number of carbonyl (C=O) groups is 2. The molecule has 0 aromatic heterocycles. The minimum Gasteiger partial charge on any atom is -0.507 e. The molecule has 1 saturated heterocycles. The molecule has 1 atom stereocenters. The largest absolute Gasteiger partial charge is 0.507 e. The molecule has 206 valence electrons. The predicted molar refractivity (Wildman–Crippen MR) is 143 cm³/mol. The molecule has 2 N–H and O–H groups in total. The molecule has 2 aromatic rings. The molecule has 1 aliphatic rings. The number of aliphatic hydroxyl groups excluding tert-OH is 1. The Kier molecular flexibility index (Phi) is 9.18. The van der Waals surface area contributed by atoms with Crippen molar-refractivity contribution in [3.8, 4) is 11.5 Å². The van der Waals surface area contributed by atoms with Gasteiger partial charge in [-0.2, -0.15) is 0 Å². The number of nitrogens with zero attached hydrogens (tertiary/aromatic N) is 2. The summed E-state index contributed by atoms with van der Waals surface area (Å²) in [6.07, 6.45) is 0.650. The summed E-state index contributed by atoms with van der Waals surface area (Å²) in [5.74, 6) is -0.932. The predicted octanol–water partition coefficient (Wildman–Crippen LogP) is 1.30. The van der Waals surface area contributed by atoms with Crippen LogP contribution in [0, 0.1) is 0 Å². The normalized spacial score (nSPS) is 17.5. The van der Waals surface area contributed by atoms with E-state index in [1.54, 1.807) is 18.2 Å². The van der Waals surface area contributed by atoms with Gasteiger partial charge < -0.3 is 24.4 Å². The van der Waals surface area contributed by atoms with Crippen molar-refractivity contribution in [3.05, 3.63) is 59.2 Å². The molecule has 1 aliphatic heterocycles. The van der Waals surface area contributed by atoms with Crippen LogP contribution in [0.25, 0.3) is 5.76 Å². The lowest BCUT2D eigenvalue weighted by Crippen LogP contribution is -3.05. The molecular formula is C27H36N3O7S+. The van der Waals surface area contributed by atoms with Gasteiger partial charge in [0.15, 0.2) is 11.5 Å². The number of ketones is 1. The first-order valence-corrected chi connectivity index (χ1v) is 13.8. The van der Waals surface area contributed by atoms with Gasteiger partial charge in [-0.15, -0.1) is 0 Å². The lowest BCUT2D eigenvalue weighted by atomic mass is 9.95. The molecule has 2 aromatic carbocycles. The first-order valence-electron chi connectivity index (χ1n) is 12.3. The SMILES string of the molecule is CCOc1ccc(C2C(=C(O)c3ccc(S(=O)(=O)N(C)C)cc3)C(=O)C(=O)N2CCC[NH+](C)C)cc1OC. The Labute approximate surface area is 224 Å². The van der Waals surface area contributed by atoms with Crippen LogP contribution in [0.1, 0.15) is 30.5 Å². The van der Waals surface area contributed by atoms with E-state index in [0.717, 1.165) is 10.8 Å². The summed E-state index contributed by atoms with van der Waals surface area (Å²) in [4.78, 5) is 29.2. The zero-order valence-electron chi connectivity index (χ0n) is 22.6. The van der Waals surface area contributed by atoms with Crippen LogP contribution in [0.2, 0.25) is 0 Å². The average Bonchev–Trinajstić information content (AvgIpc) is 3.13. The Hall–Kier alpha value is -3.41. The number of amides is 1. The van der Waals surface area contributed by atoms with Crippen molar-refractivity contribution in [1.82, 2.24) is 9.21 Å². The summed E-state index contributed by atoms with van der Waals surface area (Å²) in [6, 6.07) is 9.85. The van der Waals surface area contributed by atoms with Gasteiger partial charge in [0.25, 0.3) is 11.7 Å². The molecule has 0 radical (unpaired) electrons. The quantitative estimate of drug-likeness (QED) is 0.248. The summed E-state index contributed by atoms with van der Waals surface area (Å²) in [5, 5.41) is 11.3. The second-order valence-corrected chi connectivity index (χ2v) is 11.6. The maximum Gasteiger partial charge on any atom is 0.295 e. The van der Waals surface area contributed by atoms with Crippen LogP contribution in [-0.4, -0.2) is 89.4 Å². The number of quaternary nitrogens is 1. The summed E-state index contributed by atoms with van der Waals surface area (Å²) in [6.45, 7) is 3.38. The standard InChI is InChI=1S/C27H35N3O7S/c1-7-37-21-14-11-19(17-22(21)36-6)24-23(26(32)27(33)30(24)16-8-15-28(2)3)25(31)18-9-12-20(13-10-18)38(34,35)29(4)5/h9-14,17,24,31H,7-8,15-16H2,1-6H3/p+1. The third-order valence-electron chi connectivity index (χ3n) is 6.33. The Balaban J connectivity index is 2.14. The summed E-state index contributed by atoms with van der Waals surface area (Å²) in [5.41, 5.74) is 0.734. The fraction of sp³-hybridized carbons (Fsp3) is 0.407. The third-order valence-corrected chi connectivity index (χ3v) is 8.15. The second-order valence-electron chi connectivity index (χ2n) is 9.46. The smallest absolute Gasteiger partial charge is 0.295 e. The van der Waals surface area contributed by atoms with E-state index in [1.165, 1.54) is 55.3 Å². The maximum atomic E-state index is 13.3. The van der Waals surface area contributed by atoms with Gasteiger partial charge in [0.2, 0.25) is 10.0 Å². The minimum absolute atomic E-state index is 0.0403. The Bertz CT molecular complexity index is 1320. The summed E-state index contributed by atoms with van der Waals surface area (Å²) >= 11 is 0. The van der Waals surface area contributed by atoms with Gasteiger partial charge in [-0.25, -0.2) is 12.7 Å². The lowest BCUT2D eigenvalue weighted by molar-refractivity contribution is -0.858. The number of ether oxygens (including phenoxy) is 2. The van der Waals surface area contributed by atoms with Crippen molar-refractivity contribution >= 4 is 27.5 Å². The molecule has 0 aliphatic carbocycles. The zero-order chi connectivity index (χ0) is 28.2. The highest BCUT2D eigenvalue weighted by Crippen LogP contribution is 2.42. The molecule has 1 fully saturated rings. The number of rotatable bonds is 11. The van der Waals surface area contributed by atoms with E-state index in [9.17, 15) is 23.1 Å². The Morgan fingerprint density at radius 1 is 1.08 bits per heavy atom. The minimum atomic E-state index is -3.68. The van der Waals surface area contributed by atoms with E-state index in [0.29, 0.717) is 36.6 Å². The van der Waals surface area contributed by atoms with Crippen LogP contribution in [0.5, 0.6) is 11.5 Å². The summed E-state index contributed by atoms with van der Waals surface area (Å²) in [7, 11) is 4.68. The molecule has 1 unspecified atom stereocenters. The molecule has 10 nitrogen and oxygen atoms in total. The van der Waals surface area contributed by atoms with Gasteiger partial charge in [-0.3, -0.25) is 9.59 Å². The Morgan fingerprint density at radius 2 is 1.74 bits per heavy atom. The first-order chi connectivity index (χ1) is 17.9. The number of likely N-dealkylation sites (tertiary alicyclic amines) is 1. The molecule has 11 heteroatoms. The van der Waals surface area contributed by atoms with Crippen molar-refractivity contribution in [3.63, 3.8) is 0 Å². The van der Waals surface area contributed by atoms with E-state index in [1.807, 2.05) is 21.0 Å². The highest BCUT2D eigenvalue weighted by Gasteiger charge is 2.46. The number of sulfonamides is 1. The number of methoxy groups -OCH3 is 1. The highest BCUT2D eigenvalue weighted by atomic mass is 32.2. The lowest BCUT2D eigenvalue weighted by Gasteiger charge is -2.26. The topological polar surface area (TPSA) is 118 Å². The maximum absolute atomic E-state index is 13.3. The third kappa shape index (κ3) is 5.85. The number of hydrogen-bond donors (Lipinski definition) is 2. The van der Waals surface area contributed by atoms with Gasteiger partial charge in [0.05, 0.1) is 50.9 Å². The van der Waals surface area contributed by atoms with Crippen molar-refractivity contribution in [2.75, 3.05) is 55.0 Å². The van der Waals surface area contributed by atoms with E-state index in [2.05, 4.69) is 0 Å². The van der Waals surface area contributed by atoms with Crippen LogP contribution >= 0.6 is 0 Å². The van der Waals surface area contributed by atoms with Crippen LogP contribution in [-0.2, 0) is 19.6 Å². The van der Waals surface area contributed by atoms with Crippen LogP contribution in [0.3, 0.4) is 0 Å². The van der Waals surface area contributed by atoms with Crippen LogP contribution < -0.4 is 14.4 Å². The monoisotopic (exact) mass is 546 g/mol. The number of hydrogen-bond acceptors (Lipinski definition) is 7. The second kappa shape index (κ2) is 12.0. The van der Waals surface area contributed by atoms with Gasteiger partial charge in [0.1, 0.15) is 5.76 Å². The zero-order valence-corrected chi connectivity index (χ0v) is 23.5. The van der Waals surface area contributed by atoms with Crippen LogP contribution in [0.4, 0.5) is 0 Å². The molecular weight excluding hydrogens is 510 g/mol. The van der Waals surface area contributed by atoms with Gasteiger partial charge in [-0.1, -0.05) is 6.07 Å². The van der Waals surface area contributed by atoms with Gasteiger partial charge in [-0.05, 0) is 48.9 Å². The van der Waals surface area contributed by atoms with Crippen molar-refractivity contribution in [1.29, 1.82) is 0 Å². The van der Waals surface area contributed by atoms with Gasteiger partial charge in [0, 0.05) is 32.6 Å². The van der Waals surface area contributed by atoms with Crippen LogP contribution in [0.15, 0.2) is 52.9 Å². The van der Waals surface area contributed by atoms with Crippen molar-refractivity contribution in [2.45, 2.75) is 24.3 Å². The number of aliphatic hydroxyl groups is 1. The van der Waals surface area contributed by atoms with E-state index in [4.69, 9.17) is 9.47 Å². The molecule has 38 heavy (non-hydrogen) atoms. The van der Waals surface area contributed by atoms with Crippen molar-refractivity contribution < 1.29 is 37.5 Å². The summed E-state index contributed by atoms with van der Waals surface area (Å²) < 4.78 is 37.1. The van der Waals surface area contributed by atoms with E-state index >= 15 is 0 Å². The number of carbonyl (C=O) groups excluding carboxylic acids is 2. The fourth-order valence-electron chi connectivity index (χ4n) is 4.34. The van der Waals surface area contributed by atoms with E-state index < -0.39 is 27.8 Å². The number of Topliss-reactive ketones (excluding diaryl/α,β-unsaturated/α-hetero) is 1. The fourth-order valence-corrected chi connectivity index (χ4v) is 5.24. The molecule has 1 heterocycles. The first kappa shape index (κ1) is 29.2. The average molecular weight is 547 g/mol. The Morgan fingerprint density at radius 3 is 2.29 bits per heavy atom. The highest BCUT2D eigenvalue weighted by molar-refractivity contribution is 7.89. The molecule has 0 bridgehead atoms. The number of benzene rings is 2. The van der Waals surface area contributed by atoms with Gasteiger partial charge >= 0.3 is 0 Å². The van der Waals surface area contributed by atoms with E-state index in [-0.39, 0.29) is 21.8 Å². The molecule has 0 saturated carbocycles. The van der Waals surface area contributed by atoms with Crippen molar-refractivity contribution in [2.24, 2.45) is 0 Å².